The fourth-order valence-electron chi connectivity index (χ4n) is 3.70. The second-order valence-corrected chi connectivity index (χ2v) is 9.98. The number of amides is 3. The van der Waals surface area contributed by atoms with Crippen LogP contribution in [0.25, 0.3) is 0 Å². The molecule has 1 aliphatic rings. The third kappa shape index (κ3) is 6.71. The fourth-order valence-corrected chi connectivity index (χ4v) is 5.37. The minimum atomic E-state index is -3.72. The molecule has 2 N–H and O–H groups in total. The van der Waals surface area contributed by atoms with E-state index in [-0.39, 0.29) is 35.5 Å². The van der Waals surface area contributed by atoms with Gasteiger partial charge in [0.15, 0.2) is 0 Å². The van der Waals surface area contributed by atoms with Gasteiger partial charge in [0.05, 0.1) is 6.61 Å². The van der Waals surface area contributed by atoms with Crippen LogP contribution in [-0.2, 0) is 21.4 Å². The monoisotopic (exact) mass is 488 g/mol. The van der Waals surface area contributed by atoms with E-state index in [1.165, 1.54) is 15.3 Å². The smallest absolute Gasteiger partial charge is 0.317 e. The molecule has 1 aliphatic heterocycles. The highest BCUT2D eigenvalue weighted by atomic mass is 32.2. The standard InChI is InChI=1S/C24H32N4O5S/c1-3-33-21-12-11-20(17-22(21)34(31,32)28-15-7-8-16-28)26-23(29)13-14-25-24(30)27(2)18-19-9-5-4-6-10-19/h4-6,9-12,17H,3,7-8,13-16,18H2,1-2H3,(H,25,30)(H,26,29). The van der Waals surface area contributed by atoms with Gasteiger partial charge in [-0.15, -0.1) is 0 Å². The summed E-state index contributed by atoms with van der Waals surface area (Å²) in [7, 11) is -2.03. The van der Waals surface area contributed by atoms with E-state index < -0.39 is 10.0 Å². The lowest BCUT2D eigenvalue weighted by atomic mass is 10.2. The van der Waals surface area contributed by atoms with Crippen LogP contribution in [0.2, 0.25) is 0 Å². The molecular formula is C24H32N4O5S. The number of hydrogen-bond donors (Lipinski definition) is 2. The molecule has 1 saturated heterocycles. The van der Waals surface area contributed by atoms with E-state index in [0.717, 1.165) is 18.4 Å². The number of nitrogens with zero attached hydrogens (tertiary/aromatic N) is 2. The zero-order chi connectivity index (χ0) is 24.6. The van der Waals surface area contributed by atoms with Crippen LogP contribution in [0.15, 0.2) is 53.4 Å². The Hall–Kier alpha value is -3.11. The van der Waals surface area contributed by atoms with Crippen LogP contribution in [0, 0.1) is 0 Å². The molecule has 3 amide bonds. The Balaban J connectivity index is 1.56. The van der Waals surface area contributed by atoms with Crippen molar-refractivity contribution in [2.24, 2.45) is 0 Å². The summed E-state index contributed by atoms with van der Waals surface area (Å²) in [6.07, 6.45) is 1.70. The van der Waals surface area contributed by atoms with Crippen LogP contribution in [0.1, 0.15) is 31.7 Å². The predicted octanol–water partition coefficient (Wildman–Crippen LogP) is 3.04. The van der Waals surface area contributed by atoms with Gasteiger partial charge >= 0.3 is 6.03 Å². The molecule has 2 aromatic carbocycles. The van der Waals surface area contributed by atoms with Crippen molar-refractivity contribution in [2.75, 3.05) is 38.6 Å². The van der Waals surface area contributed by atoms with Crippen molar-refractivity contribution < 1.29 is 22.7 Å². The van der Waals surface area contributed by atoms with Crippen LogP contribution in [0.5, 0.6) is 5.75 Å². The van der Waals surface area contributed by atoms with Crippen molar-refractivity contribution in [3.05, 3.63) is 54.1 Å². The molecule has 0 bridgehead atoms. The molecule has 0 unspecified atom stereocenters. The van der Waals surface area contributed by atoms with E-state index in [1.807, 2.05) is 30.3 Å². The summed E-state index contributed by atoms with van der Waals surface area (Å²) in [5.41, 5.74) is 1.37. The fraction of sp³-hybridized carbons (Fsp3) is 0.417. The number of ether oxygens (including phenoxy) is 1. The van der Waals surface area contributed by atoms with Gasteiger partial charge in [-0.05, 0) is 43.5 Å². The molecule has 9 nitrogen and oxygen atoms in total. The number of benzene rings is 2. The summed E-state index contributed by atoms with van der Waals surface area (Å²) in [6, 6.07) is 13.9. The highest BCUT2D eigenvalue weighted by Crippen LogP contribution is 2.31. The van der Waals surface area contributed by atoms with Crippen molar-refractivity contribution >= 4 is 27.6 Å². The Morgan fingerprint density at radius 1 is 1.09 bits per heavy atom. The molecule has 0 saturated carbocycles. The number of urea groups is 1. The number of hydrogen-bond acceptors (Lipinski definition) is 5. The van der Waals surface area contributed by atoms with Crippen molar-refractivity contribution in [1.82, 2.24) is 14.5 Å². The molecule has 10 heteroatoms. The Labute approximate surface area is 201 Å². The number of nitrogens with one attached hydrogen (secondary N) is 2. The van der Waals surface area contributed by atoms with Crippen molar-refractivity contribution in [3.8, 4) is 5.75 Å². The van der Waals surface area contributed by atoms with E-state index in [9.17, 15) is 18.0 Å². The van der Waals surface area contributed by atoms with Crippen molar-refractivity contribution in [3.63, 3.8) is 0 Å². The highest BCUT2D eigenvalue weighted by molar-refractivity contribution is 7.89. The molecular weight excluding hydrogens is 456 g/mol. The summed E-state index contributed by atoms with van der Waals surface area (Å²) in [4.78, 5) is 26.3. The molecule has 0 aliphatic carbocycles. The first kappa shape index (κ1) is 25.5. The van der Waals surface area contributed by atoms with Crippen LogP contribution in [0.4, 0.5) is 10.5 Å². The third-order valence-electron chi connectivity index (χ3n) is 5.45. The summed E-state index contributed by atoms with van der Waals surface area (Å²) >= 11 is 0. The van der Waals surface area contributed by atoms with Gasteiger partial charge < -0.3 is 20.3 Å². The van der Waals surface area contributed by atoms with Crippen LogP contribution < -0.4 is 15.4 Å². The average Bonchev–Trinajstić information content (AvgIpc) is 3.37. The van der Waals surface area contributed by atoms with Crippen molar-refractivity contribution in [2.45, 2.75) is 37.6 Å². The SMILES string of the molecule is CCOc1ccc(NC(=O)CCNC(=O)N(C)Cc2ccccc2)cc1S(=O)(=O)N1CCCC1. The molecule has 0 aromatic heterocycles. The quantitative estimate of drug-likeness (QED) is 0.534. The first-order valence-electron chi connectivity index (χ1n) is 11.4. The van der Waals surface area contributed by atoms with Gasteiger partial charge in [-0.25, -0.2) is 13.2 Å². The molecule has 2 aromatic rings. The lowest BCUT2D eigenvalue weighted by molar-refractivity contribution is -0.116. The van der Waals surface area contributed by atoms with E-state index in [1.54, 1.807) is 26.1 Å². The maximum absolute atomic E-state index is 13.1. The second kappa shape index (κ2) is 11.8. The number of anilines is 1. The van der Waals surface area contributed by atoms with E-state index in [2.05, 4.69) is 10.6 Å². The van der Waals surface area contributed by atoms with Gasteiger partial charge in [0.25, 0.3) is 0 Å². The molecule has 1 heterocycles. The zero-order valence-electron chi connectivity index (χ0n) is 19.6. The van der Waals surface area contributed by atoms with Gasteiger partial charge in [0, 0.05) is 45.3 Å². The minimum absolute atomic E-state index is 0.0462. The topological polar surface area (TPSA) is 108 Å². The number of carbonyl (C=O) groups excluding carboxylic acids is 2. The molecule has 3 rings (SSSR count). The molecule has 0 atom stereocenters. The number of carbonyl (C=O) groups is 2. The maximum Gasteiger partial charge on any atom is 0.317 e. The lowest BCUT2D eigenvalue weighted by Crippen LogP contribution is -2.38. The third-order valence-corrected chi connectivity index (χ3v) is 7.37. The lowest BCUT2D eigenvalue weighted by Gasteiger charge is -2.19. The van der Waals surface area contributed by atoms with Crippen LogP contribution in [0.3, 0.4) is 0 Å². The Morgan fingerprint density at radius 3 is 2.47 bits per heavy atom. The molecule has 0 spiro atoms. The van der Waals surface area contributed by atoms with Gasteiger partial charge in [0.2, 0.25) is 15.9 Å². The molecule has 1 fully saturated rings. The molecule has 34 heavy (non-hydrogen) atoms. The van der Waals surface area contributed by atoms with Gasteiger partial charge in [0.1, 0.15) is 10.6 Å². The average molecular weight is 489 g/mol. The van der Waals surface area contributed by atoms with Crippen molar-refractivity contribution in [1.29, 1.82) is 0 Å². The molecule has 0 radical (unpaired) electrons. The summed E-state index contributed by atoms with van der Waals surface area (Å²) < 4.78 is 33.2. The Kier molecular flexibility index (Phi) is 8.89. The van der Waals surface area contributed by atoms with Crippen LogP contribution >= 0.6 is 0 Å². The van der Waals surface area contributed by atoms with Gasteiger partial charge in [-0.3, -0.25) is 4.79 Å². The Morgan fingerprint density at radius 2 is 1.79 bits per heavy atom. The largest absolute Gasteiger partial charge is 0.492 e. The summed E-state index contributed by atoms with van der Waals surface area (Å²) in [5.74, 6) is -0.0687. The Bertz CT molecular complexity index is 1090. The maximum atomic E-state index is 13.1. The summed E-state index contributed by atoms with van der Waals surface area (Å²) in [5, 5.41) is 5.44. The second-order valence-electron chi connectivity index (χ2n) is 8.08. The zero-order valence-corrected chi connectivity index (χ0v) is 20.4. The number of sulfonamides is 1. The first-order valence-corrected chi connectivity index (χ1v) is 12.8. The van der Waals surface area contributed by atoms with Gasteiger partial charge in [-0.1, -0.05) is 30.3 Å². The highest BCUT2D eigenvalue weighted by Gasteiger charge is 2.30. The normalized spacial score (nSPS) is 13.9. The minimum Gasteiger partial charge on any atom is -0.492 e. The van der Waals surface area contributed by atoms with Crippen LogP contribution in [-0.4, -0.2) is 62.9 Å². The van der Waals surface area contributed by atoms with E-state index in [0.29, 0.717) is 31.9 Å². The first-order chi connectivity index (χ1) is 16.3. The van der Waals surface area contributed by atoms with E-state index in [4.69, 9.17) is 4.74 Å². The summed E-state index contributed by atoms with van der Waals surface area (Å²) in [6.45, 7) is 3.67. The van der Waals surface area contributed by atoms with Gasteiger partial charge in [-0.2, -0.15) is 4.31 Å². The predicted molar refractivity (Wildman–Crippen MR) is 130 cm³/mol. The molecule has 184 valence electrons. The number of rotatable bonds is 10. The van der Waals surface area contributed by atoms with E-state index >= 15 is 0 Å².